The van der Waals surface area contributed by atoms with E-state index in [2.05, 4.69) is 0 Å². The van der Waals surface area contributed by atoms with Crippen molar-refractivity contribution < 1.29 is 13.3 Å². The van der Waals surface area contributed by atoms with Gasteiger partial charge in [0, 0.05) is 12.1 Å². The number of hydrogen-bond acceptors (Lipinski definition) is 4. The lowest BCUT2D eigenvalue weighted by Crippen LogP contribution is -1.97. The third-order valence-electron chi connectivity index (χ3n) is 1.71. The van der Waals surface area contributed by atoms with Gasteiger partial charge in [-0.25, -0.2) is 0 Å². The molecule has 74 valence electrons. The standard InChI is InChI=1S/C8H7NO4S/c1-6(14(12)13)7-3-2-4-8(5-7)9(10)11/h2-5H,1H3. The maximum absolute atomic E-state index is 10.6. The summed E-state index contributed by atoms with van der Waals surface area (Å²) in [6.45, 7) is 1.39. The molecule has 0 heterocycles. The molecule has 0 N–H and O–H groups in total. The highest BCUT2D eigenvalue weighted by atomic mass is 32.2. The molecule has 14 heavy (non-hydrogen) atoms. The number of rotatable bonds is 2. The summed E-state index contributed by atoms with van der Waals surface area (Å²) in [6, 6.07) is 5.50. The fourth-order valence-electron chi connectivity index (χ4n) is 0.935. The Hall–Kier alpha value is -1.69. The predicted molar refractivity (Wildman–Crippen MR) is 51.8 cm³/mol. The van der Waals surface area contributed by atoms with Crippen LogP contribution >= 0.6 is 0 Å². The van der Waals surface area contributed by atoms with E-state index in [1.54, 1.807) is 0 Å². The largest absolute Gasteiger partial charge is 0.270 e. The fourth-order valence-corrected chi connectivity index (χ4v) is 1.25. The van der Waals surface area contributed by atoms with E-state index in [0.717, 1.165) is 0 Å². The molecule has 0 saturated carbocycles. The van der Waals surface area contributed by atoms with Gasteiger partial charge >= 0.3 is 0 Å². The Morgan fingerprint density at radius 2 is 2.07 bits per heavy atom. The fraction of sp³-hybridized carbons (Fsp3) is 0.125. The molecular formula is C8H7NO4S. The number of nitro benzene ring substituents is 1. The van der Waals surface area contributed by atoms with Crippen LogP contribution in [0.1, 0.15) is 12.5 Å². The van der Waals surface area contributed by atoms with Gasteiger partial charge in [-0.05, 0) is 12.5 Å². The molecule has 6 heteroatoms. The van der Waals surface area contributed by atoms with Crippen molar-refractivity contribution in [2.75, 3.05) is 0 Å². The van der Waals surface area contributed by atoms with Crippen molar-refractivity contribution in [1.82, 2.24) is 0 Å². The SMILES string of the molecule is CC(c1cccc([N+](=O)[O-])c1)=S(=O)=O. The van der Waals surface area contributed by atoms with Crippen LogP contribution in [0.4, 0.5) is 5.69 Å². The minimum Gasteiger partial charge on any atom is -0.258 e. The van der Waals surface area contributed by atoms with Crippen molar-refractivity contribution in [3.05, 3.63) is 39.9 Å². The van der Waals surface area contributed by atoms with Crippen LogP contribution in [-0.4, -0.2) is 18.2 Å². The topological polar surface area (TPSA) is 77.3 Å². The number of nitrogens with zero attached hydrogens (tertiary/aromatic N) is 1. The molecule has 0 fully saturated rings. The minimum atomic E-state index is -2.34. The highest BCUT2D eigenvalue weighted by Gasteiger charge is 2.07. The molecule has 1 aromatic rings. The molecule has 0 aliphatic heterocycles. The Balaban J connectivity index is 3.33. The third kappa shape index (κ3) is 2.17. The van der Waals surface area contributed by atoms with Crippen LogP contribution in [0.25, 0.3) is 0 Å². The molecule has 0 aliphatic carbocycles. The first kappa shape index (κ1) is 10.4. The van der Waals surface area contributed by atoms with Crippen molar-refractivity contribution in [2.45, 2.75) is 6.92 Å². The van der Waals surface area contributed by atoms with Crippen LogP contribution in [0.15, 0.2) is 24.3 Å². The van der Waals surface area contributed by atoms with E-state index in [1.807, 2.05) is 0 Å². The zero-order valence-electron chi connectivity index (χ0n) is 7.30. The molecule has 1 rings (SSSR count). The second kappa shape index (κ2) is 4.01. The maximum atomic E-state index is 10.6. The second-order valence-corrected chi connectivity index (χ2v) is 3.68. The van der Waals surface area contributed by atoms with Crippen molar-refractivity contribution in [3.8, 4) is 0 Å². The van der Waals surface area contributed by atoms with E-state index < -0.39 is 15.2 Å². The summed E-state index contributed by atoms with van der Waals surface area (Å²) in [4.78, 5) is 9.91. The Morgan fingerprint density at radius 1 is 1.43 bits per heavy atom. The van der Waals surface area contributed by atoms with E-state index in [0.29, 0.717) is 5.56 Å². The second-order valence-electron chi connectivity index (χ2n) is 2.60. The molecule has 0 spiro atoms. The Kier molecular flexibility index (Phi) is 2.98. The van der Waals surface area contributed by atoms with Gasteiger partial charge < -0.3 is 0 Å². The first-order valence-electron chi connectivity index (χ1n) is 3.70. The van der Waals surface area contributed by atoms with Crippen molar-refractivity contribution in [1.29, 1.82) is 0 Å². The van der Waals surface area contributed by atoms with Crippen LogP contribution in [-0.2, 0) is 10.3 Å². The van der Waals surface area contributed by atoms with Gasteiger partial charge in [0.1, 0.15) is 0 Å². The Labute approximate surface area is 81.7 Å². The summed E-state index contributed by atoms with van der Waals surface area (Å²) in [6.07, 6.45) is 0. The van der Waals surface area contributed by atoms with Gasteiger partial charge in [-0.3, -0.25) is 10.1 Å². The van der Waals surface area contributed by atoms with E-state index >= 15 is 0 Å². The van der Waals surface area contributed by atoms with E-state index in [4.69, 9.17) is 0 Å². The molecule has 0 radical (unpaired) electrons. The summed E-state index contributed by atoms with van der Waals surface area (Å²) in [5.74, 6) is 0. The summed E-state index contributed by atoms with van der Waals surface area (Å²) in [5.41, 5.74) is 0.222. The molecule has 5 nitrogen and oxygen atoms in total. The van der Waals surface area contributed by atoms with Crippen LogP contribution < -0.4 is 0 Å². The summed E-state index contributed by atoms with van der Waals surface area (Å²) in [7, 11) is -2.34. The van der Waals surface area contributed by atoms with Crippen LogP contribution in [0, 0.1) is 10.1 Å². The van der Waals surface area contributed by atoms with Crippen molar-refractivity contribution in [2.24, 2.45) is 0 Å². The molecule has 0 bridgehead atoms. The van der Waals surface area contributed by atoms with Crippen LogP contribution in [0.5, 0.6) is 0 Å². The average Bonchev–Trinajstić information content (AvgIpc) is 2.16. The predicted octanol–water partition coefficient (Wildman–Crippen LogP) is 1.01. The maximum Gasteiger partial charge on any atom is 0.270 e. The molecular weight excluding hydrogens is 206 g/mol. The van der Waals surface area contributed by atoms with Gasteiger partial charge in [0.2, 0.25) is 10.3 Å². The molecule has 1 aromatic carbocycles. The minimum absolute atomic E-state index is 0.0914. The lowest BCUT2D eigenvalue weighted by molar-refractivity contribution is -0.384. The number of nitro groups is 1. The number of non-ortho nitro benzene ring substituents is 1. The summed E-state index contributed by atoms with van der Waals surface area (Å²) >= 11 is 0. The average molecular weight is 213 g/mol. The first-order valence-corrected chi connectivity index (χ1v) is 4.77. The zero-order valence-corrected chi connectivity index (χ0v) is 8.11. The Bertz CT molecular complexity index is 496. The Morgan fingerprint density at radius 3 is 2.57 bits per heavy atom. The number of benzene rings is 1. The van der Waals surface area contributed by atoms with Crippen molar-refractivity contribution >= 4 is 20.8 Å². The van der Waals surface area contributed by atoms with E-state index in [-0.39, 0.29) is 10.6 Å². The molecule has 0 aliphatic rings. The quantitative estimate of drug-likeness (QED) is 0.318. The van der Waals surface area contributed by atoms with Gasteiger partial charge in [0.15, 0.2) is 0 Å². The molecule has 0 aromatic heterocycles. The molecule has 0 amide bonds. The molecule has 0 unspecified atom stereocenters. The lowest BCUT2D eigenvalue weighted by atomic mass is 10.1. The lowest BCUT2D eigenvalue weighted by Gasteiger charge is -1.95. The van der Waals surface area contributed by atoms with Crippen LogP contribution in [0.3, 0.4) is 0 Å². The summed E-state index contributed by atoms with van der Waals surface area (Å²) in [5, 5.41) is 10.4. The number of hydrogen-bond donors (Lipinski definition) is 0. The third-order valence-corrected chi connectivity index (χ3v) is 2.45. The first-order chi connectivity index (χ1) is 6.52. The molecule has 0 atom stereocenters. The van der Waals surface area contributed by atoms with Gasteiger partial charge in [-0.1, -0.05) is 12.1 Å². The van der Waals surface area contributed by atoms with Crippen molar-refractivity contribution in [3.63, 3.8) is 0 Å². The van der Waals surface area contributed by atoms with E-state index in [9.17, 15) is 18.5 Å². The smallest absolute Gasteiger partial charge is 0.258 e. The molecule has 0 saturated heterocycles. The van der Waals surface area contributed by atoms with Gasteiger partial charge in [0.25, 0.3) is 5.69 Å². The highest BCUT2D eigenvalue weighted by molar-refractivity contribution is 7.73. The van der Waals surface area contributed by atoms with Gasteiger partial charge in [-0.2, -0.15) is 8.42 Å². The zero-order chi connectivity index (χ0) is 10.7. The summed E-state index contributed by atoms with van der Waals surface area (Å²) < 4.78 is 21.1. The monoisotopic (exact) mass is 213 g/mol. The van der Waals surface area contributed by atoms with Gasteiger partial charge in [0.05, 0.1) is 9.79 Å². The normalized spacial score (nSPS) is 9.50. The van der Waals surface area contributed by atoms with Crippen LogP contribution in [0.2, 0.25) is 0 Å². The highest BCUT2D eigenvalue weighted by Crippen LogP contribution is 2.13. The van der Waals surface area contributed by atoms with E-state index in [1.165, 1.54) is 31.2 Å². The van der Waals surface area contributed by atoms with Gasteiger partial charge in [-0.15, -0.1) is 0 Å².